The summed E-state index contributed by atoms with van der Waals surface area (Å²) in [6, 6.07) is 8.37. The van der Waals surface area contributed by atoms with Crippen molar-refractivity contribution in [2.24, 2.45) is 0 Å². The molecule has 0 aliphatic heterocycles. The zero-order valence-corrected chi connectivity index (χ0v) is 12.1. The van der Waals surface area contributed by atoms with Crippen molar-refractivity contribution in [1.29, 1.82) is 0 Å². The Hall–Kier alpha value is -2.08. The van der Waals surface area contributed by atoms with Crippen molar-refractivity contribution in [1.82, 2.24) is 0 Å². The molecule has 0 aliphatic carbocycles. The van der Waals surface area contributed by atoms with E-state index in [2.05, 4.69) is 21.2 Å². The van der Waals surface area contributed by atoms with E-state index in [1.54, 1.807) is 0 Å². The first kappa shape index (κ1) is 14.3. The molecular formula is C14H11BrFNO3. The average molecular weight is 340 g/mol. The standard InChI is InChI=1S/C14H11BrFNO3/c1-20-9-3-5-11(16)12(7-9)17-14(19)8-2-4-10(15)13(18)6-8/h2-7,18H,1H3,(H,17,19). The number of phenolic OH excluding ortho intramolecular Hbond substituents is 1. The minimum atomic E-state index is -0.569. The van der Waals surface area contributed by atoms with Gasteiger partial charge >= 0.3 is 0 Å². The molecular weight excluding hydrogens is 329 g/mol. The lowest BCUT2D eigenvalue weighted by Gasteiger charge is -2.09. The molecule has 0 aliphatic rings. The summed E-state index contributed by atoms with van der Waals surface area (Å²) in [5.41, 5.74) is 0.227. The van der Waals surface area contributed by atoms with Crippen molar-refractivity contribution in [3.8, 4) is 11.5 Å². The number of carbonyl (C=O) groups is 1. The third-order valence-electron chi connectivity index (χ3n) is 2.63. The molecule has 1 amide bonds. The molecule has 0 aromatic heterocycles. The smallest absolute Gasteiger partial charge is 0.255 e. The summed E-state index contributed by atoms with van der Waals surface area (Å²) in [6.07, 6.45) is 0. The molecule has 2 aromatic carbocycles. The molecule has 0 bridgehead atoms. The van der Waals surface area contributed by atoms with Crippen molar-refractivity contribution in [2.75, 3.05) is 12.4 Å². The van der Waals surface area contributed by atoms with E-state index in [4.69, 9.17) is 4.74 Å². The summed E-state index contributed by atoms with van der Waals surface area (Å²) >= 11 is 3.12. The van der Waals surface area contributed by atoms with Gasteiger partial charge in [-0.25, -0.2) is 4.39 Å². The van der Waals surface area contributed by atoms with Gasteiger partial charge in [0.15, 0.2) is 0 Å². The molecule has 0 atom stereocenters. The Morgan fingerprint density at radius 3 is 2.70 bits per heavy atom. The Morgan fingerprint density at radius 2 is 2.05 bits per heavy atom. The minimum absolute atomic E-state index is 0.0109. The number of amides is 1. The van der Waals surface area contributed by atoms with Gasteiger partial charge in [0, 0.05) is 11.6 Å². The van der Waals surface area contributed by atoms with Gasteiger partial charge in [-0.1, -0.05) is 0 Å². The zero-order chi connectivity index (χ0) is 14.7. The molecule has 20 heavy (non-hydrogen) atoms. The fourth-order valence-corrected chi connectivity index (χ4v) is 1.82. The monoisotopic (exact) mass is 339 g/mol. The quantitative estimate of drug-likeness (QED) is 0.898. The maximum Gasteiger partial charge on any atom is 0.255 e. The maximum atomic E-state index is 13.6. The van der Waals surface area contributed by atoms with Crippen LogP contribution in [0.3, 0.4) is 0 Å². The Labute approximate surface area is 123 Å². The van der Waals surface area contributed by atoms with Crippen molar-refractivity contribution < 1.29 is 19.0 Å². The second-order valence-electron chi connectivity index (χ2n) is 3.97. The van der Waals surface area contributed by atoms with E-state index in [9.17, 15) is 14.3 Å². The van der Waals surface area contributed by atoms with Crippen LogP contribution in [-0.2, 0) is 0 Å². The topological polar surface area (TPSA) is 58.6 Å². The van der Waals surface area contributed by atoms with E-state index in [-0.39, 0.29) is 17.0 Å². The van der Waals surface area contributed by atoms with Crippen LogP contribution >= 0.6 is 15.9 Å². The van der Waals surface area contributed by atoms with Crippen LogP contribution in [0.1, 0.15) is 10.4 Å². The van der Waals surface area contributed by atoms with Gasteiger partial charge in [-0.05, 0) is 46.3 Å². The molecule has 0 saturated heterocycles. The number of nitrogens with one attached hydrogen (secondary N) is 1. The summed E-state index contributed by atoms with van der Waals surface area (Å²) in [5, 5.41) is 12.0. The minimum Gasteiger partial charge on any atom is -0.507 e. The lowest BCUT2D eigenvalue weighted by molar-refractivity contribution is 0.102. The molecule has 2 aromatic rings. The largest absolute Gasteiger partial charge is 0.507 e. The van der Waals surface area contributed by atoms with E-state index >= 15 is 0 Å². The van der Waals surface area contributed by atoms with Crippen LogP contribution in [0.5, 0.6) is 11.5 Å². The van der Waals surface area contributed by atoms with Gasteiger partial charge in [0.1, 0.15) is 17.3 Å². The Bertz CT molecular complexity index is 661. The van der Waals surface area contributed by atoms with Crippen LogP contribution in [0, 0.1) is 5.82 Å². The summed E-state index contributed by atoms with van der Waals surface area (Å²) in [5.74, 6) is -0.732. The molecule has 0 heterocycles. The molecule has 0 radical (unpaired) electrons. The number of ether oxygens (including phenoxy) is 1. The number of benzene rings is 2. The summed E-state index contributed by atoms with van der Waals surface area (Å²) in [7, 11) is 1.45. The molecule has 2 rings (SSSR count). The summed E-state index contributed by atoms with van der Waals surface area (Å²) in [4.78, 5) is 12.0. The van der Waals surface area contributed by atoms with Crippen LogP contribution in [0.4, 0.5) is 10.1 Å². The van der Waals surface area contributed by atoms with E-state index in [0.29, 0.717) is 10.2 Å². The second kappa shape index (κ2) is 5.92. The number of aromatic hydroxyl groups is 1. The molecule has 6 heteroatoms. The van der Waals surface area contributed by atoms with Gasteiger partial charge in [0.05, 0.1) is 17.3 Å². The first-order chi connectivity index (χ1) is 9.51. The van der Waals surface area contributed by atoms with Crippen LogP contribution in [0.25, 0.3) is 0 Å². The molecule has 4 nitrogen and oxygen atoms in total. The maximum absolute atomic E-state index is 13.6. The van der Waals surface area contributed by atoms with Crippen LogP contribution in [0.15, 0.2) is 40.9 Å². The first-order valence-corrected chi connectivity index (χ1v) is 6.44. The molecule has 0 fully saturated rings. The van der Waals surface area contributed by atoms with Gasteiger partial charge in [-0.15, -0.1) is 0 Å². The normalized spacial score (nSPS) is 10.2. The van der Waals surface area contributed by atoms with Crippen molar-refractivity contribution in [2.45, 2.75) is 0 Å². The van der Waals surface area contributed by atoms with E-state index in [0.717, 1.165) is 0 Å². The highest BCUT2D eigenvalue weighted by Crippen LogP contribution is 2.26. The number of phenols is 1. The van der Waals surface area contributed by atoms with Crippen molar-refractivity contribution in [3.05, 3.63) is 52.3 Å². The predicted octanol–water partition coefficient (Wildman–Crippen LogP) is 3.55. The molecule has 2 N–H and O–H groups in total. The van der Waals surface area contributed by atoms with E-state index < -0.39 is 11.7 Å². The highest BCUT2D eigenvalue weighted by Gasteiger charge is 2.12. The summed E-state index contributed by atoms with van der Waals surface area (Å²) < 4.78 is 19.0. The number of rotatable bonds is 3. The van der Waals surface area contributed by atoms with Crippen molar-refractivity contribution in [3.63, 3.8) is 0 Å². The third-order valence-corrected chi connectivity index (χ3v) is 3.30. The van der Waals surface area contributed by atoms with Crippen LogP contribution < -0.4 is 10.1 Å². The highest BCUT2D eigenvalue weighted by atomic mass is 79.9. The fourth-order valence-electron chi connectivity index (χ4n) is 1.58. The number of hydrogen-bond donors (Lipinski definition) is 2. The van der Waals surface area contributed by atoms with Crippen LogP contribution in [-0.4, -0.2) is 18.1 Å². The van der Waals surface area contributed by atoms with Gasteiger partial charge in [0.2, 0.25) is 0 Å². The fraction of sp³-hybridized carbons (Fsp3) is 0.0714. The number of carbonyl (C=O) groups excluding carboxylic acids is 1. The molecule has 0 saturated carbocycles. The Morgan fingerprint density at radius 1 is 1.30 bits per heavy atom. The van der Waals surface area contributed by atoms with Gasteiger partial charge < -0.3 is 15.2 Å². The van der Waals surface area contributed by atoms with E-state index in [1.807, 2.05) is 0 Å². The van der Waals surface area contributed by atoms with Crippen molar-refractivity contribution >= 4 is 27.5 Å². The number of halogens is 2. The average Bonchev–Trinajstić information content (AvgIpc) is 2.44. The summed E-state index contributed by atoms with van der Waals surface area (Å²) in [6.45, 7) is 0. The van der Waals surface area contributed by atoms with Gasteiger partial charge in [0.25, 0.3) is 5.91 Å². The highest BCUT2D eigenvalue weighted by molar-refractivity contribution is 9.10. The zero-order valence-electron chi connectivity index (χ0n) is 10.5. The van der Waals surface area contributed by atoms with Gasteiger partial charge in [-0.3, -0.25) is 4.79 Å². The number of anilines is 1. The lowest BCUT2D eigenvalue weighted by Crippen LogP contribution is -2.13. The second-order valence-corrected chi connectivity index (χ2v) is 4.82. The molecule has 0 unspecified atom stereocenters. The SMILES string of the molecule is COc1ccc(F)c(NC(=O)c2ccc(Br)c(O)c2)c1. The van der Waals surface area contributed by atoms with Gasteiger partial charge in [-0.2, -0.15) is 0 Å². The predicted molar refractivity (Wildman–Crippen MR) is 76.7 cm³/mol. The van der Waals surface area contributed by atoms with E-state index in [1.165, 1.54) is 43.5 Å². The molecule has 0 spiro atoms. The third kappa shape index (κ3) is 3.08. The Kier molecular flexibility index (Phi) is 4.24. The molecule has 104 valence electrons. The lowest BCUT2D eigenvalue weighted by atomic mass is 10.2. The first-order valence-electron chi connectivity index (χ1n) is 5.64. The Balaban J connectivity index is 2.25. The number of methoxy groups -OCH3 is 1. The van der Waals surface area contributed by atoms with Crippen LogP contribution in [0.2, 0.25) is 0 Å². The number of hydrogen-bond acceptors (Lipinski definition) is 3.